The van der Waals surface area contributed by atoms with Crippen molar-refractivity contribution in [3.05, 3.63) is 0 Å². The van der Waals surface area contributed by atoms with Crippen LogP contribution in [0.3, 0.4) is 0 Å². The normalized spacial score (nSPS) is 82.6. The lowest BCUT2D eigenvalue weighted by molar-refractivity contribution is -0.0732. The van der Waals surface area contributed by atoms with Gasteiger partial charge in [-0.2, -0.15) is 0 Å². The van der Waals surface area contributed by atoms with Gasteiger partial charge < -0.3 is 10.2 Å². The molecule has 0 aliphatic heterocycles. The van der Waals surface area contributed by atoms with Gasteiger partial charge in [0.2, 0.25) is 0 Å². The summed E-state index contributed by atoms with van der Waals surface area (Å²) in [5, 5.41) is 22.3. The fourth-order valence-electron chi connectivity index (χ4n) is 12.1. The molecule has 0 spiro atoms. The summed E-state index contributed by atoms with van der Waals surface area (Å²) in [7, 11) is 0. The molecule has 8 fully saturated rings. The zero-order valence-electron chi connectivity index (χ0n) is 13.0. The molecule has 8 aliphatic carbocycles. The van der Waals surface area contributed by atoms with Crippen LogP contribution in [0.25, 0.3) is 0 Å². The zero-order valence-corrected chi connectivity index (χ0v) is 13.0. The van der Waals surface area contributed by atoms with Gasteiger partial charge in [-0.1, -0.05) is 0 Å². The number of fused-ring (bicyclic) bond motifs is 4. The highest BCUT2D eigenvalue weighted by atomic mass is 16.3. The van der Waals surface area contributed by atoms with Crippen LogP contribution in [0.5, 0.6) is 0 Å². The number of hydrogen-bond acceptors (Lipinski definition) is 2. The molecule has 3 unspecified atom stereocenters. The van der Waals surface area contributed by atoms with Gasteiger partial charge in [-0.15, -0.1) is 0 Å². The number of aliphatic hydroxyl groups excluding tert-OH is 1. The molecular weight excluding hydrogens is 272 g/mol. The van der Waals surface area contributed by atoms with Crippen LogP contribution in [0.4, 0.5) is 0 Å². The lowest BCUT2D eigenvalue weighted by Gasteiger charge is -2.38. The van der Waals surface area contributed by atoms with Crippen LogP contribution in [0.2, 0.25) is 0 Å². The van der Waals surface area contributed by atoms with Crippen LogP contribution < -0.4 is 0 Å². The molecule has 0 aromatic heterocycles. The molecule has 22 heavy (non-hydrogen) atoms. The lowest BCUT2D eigenvalue weighted by atomic mass is 9.71. The summed E-state index contributed by atoms with van der Waals surface area (Å²) in [5.41, 5.74) is -0.233. The Hall–Kier alpha value is -0.0800. The van der Waals surface area contributed by atoms with Crippen LogP contribution in [-0.2, 0) is 0 Å². The molecule has 0 bridgehead atoms. The standard InChI is InChI=1S/C20H26O2/c21-5-8-11-6-1-3-9-13(6)17-15(11)16-12(8)7-2-4-10-14(7)18(16)19(17)20(9,10)22/h6-19,21-22H,1-5H2/t6-,7-,8?,9+,10+,11-,12+,13+,14-,15-,16-,17+,18-,19?,20?/m0/s1. The smallest absolute Gasteiger partial charge is 0.0743 e. The van der Waals surface area contributed by atoms with Crippen molar-refractivity contribution >= 4 is 0 Å². The molecule has 8 aliphatic rings. The van der Waals surface area contributed by atoms with Crippen molar-refractivity contribution in [3.63, 3.8) is 0 Å². The number of rotatable bonds is 1. The first-order valence-corrected chi connectivity index (χ1v) is 10.1. The van der Waals surface area contributed by atoms with Gasteiger partial charge in [-0.3, -0.25) is 0 Å². The third-order valence-corrected chi connectivity index (χ3v) is 11.4. The molecule has 0 aromatic rings. The van der Waals surface area contributed by atoms with Crippen molar-refractivity contribution in [3.8, 4) is 0 Å². The van der Waals surface area contributed by atoms with Crippen LogP contribution in [0, 0.1) is 82.9 Å². The van der Waals surface area contributed by atoms with Gasteiger partial charge in [0.05, 0.1) is 5.60 Å². The summed E-state index contributed by atoms with van der Waals surface area (Å²) in [6.07, 6.45) is 5.39. The molecule has 15 atom stereocenters. The van der Waals surface area contributed by atoms with Gasteiger partial charge in [0.1, 0.15) is 0 Å². The van der Waals surface area contributed by atoms with Crippen molar-refractivity contribution in [2.24, 2.45) is 82.9 Å². The fraction of sp³-hybridized carbons (Fsp3) is 1.00. The minimum atomic E-state index is -0.233. The van der Waals surface area contributed by atoms with Crippen LogP contribution in [0.1, 0.15) is 25.7 Å². The summed E-state index contributed by atoms with van der Waals surface area (Å²) in [6.45, 7) is 0.471. The Bertz CT molecular complexity index is 569. The quantitative estimate of drug-likeness (QED) is 0.777. The highest BCUT2D eigenvalue weighted by Crippen LogP contribution is 2.89. The molecule has 118 valence electrons. The fourth-order valence-corrected chi connectivity index (χ4v) is 12.1. The summed E-state index contributed by atoms with van der Waals surface area (Å²) in [5.74, 6) is 11.5. The molecule has 0 heterocycles. The zero-order chi connectivity index (χ0) is 14.1. The Kier molecular flexibility index (Phi) is 1.55. The molecule has 0 radical (unpaired) electrons. The van der Waals surface area contributed by atoms with E-state index in [4.69, 9.17) is 0 Å². The topological polar surface area (TPSA) is 40.5 Å². The number of hydrogen-bond donors (Lipinski definition) is 2. The maximum atomic E-state index is 12.0. The molecule has 2 nitrogen and oxygen atoms in total. The van der Waals surface area contributed by atoms with E-state index in [1.165, 1.54) is 25.7 Å². The average Bonchev–Trinajstić information content (AvgIpc) is 3.25. The maximum Gasteiger partial charge on any atom is 0.0743 e. The van der Waals surface area contributed by atoms with Crippen molar-refractivity contribution in [2.45, 2.75) is 31.3 Å². The Morgan fingerprint density at radius 2 is 1.23 bits per heavy atom. The van der Waals surface area contributed by atoms with Crippen LogP contribution >= 0.6 is 0 Å². The molecule has 0 aromatic carbocycles. The van der Waals surface area contributed by atoms with Crippen molar-refractivity contribution < 1.29 is 10.2 Å². The summed E-state index contributed by atoms with van der Waals surface area (Å²) < 4.78 is 0. The van der Waals surface area contributed by atoms with Gasteiger partial charge in [0, 0.05) is 6.61 Å². The summed E-state index contributed by atoms with van der Waals surface area (Å²) >= 11 is 0. The number of aliphatic hydroxyl groups is 2. The van der Waals surface area contributed by atoms with E-state index in [2.05, 4.69) is 0 Å². The lowest BCUT2D eigenvalue weighted by Crippen LogP contribution is -2.44. The molecule has 2 heteroatoms. The molecular formula is C20H26O2. The van der Waals surface area contributed by atoms with Crippen LogP contribution in [0.15, 0.2) is 0 Å². The molecule has 8 saturated carbocycles. The van der Waals surface area contributed by atoms with Crippen molar-refractivity contribution in [1.29, 1.82) is 0 Å². The monoisotopic (exact) mass is 298 g/mol. The third kappa shape index (κ3) is 0.744. The van der Waals surface area contributed by atoms with E-state index in [9.17, 15) is 10.2 Å². The summed E-state index contributed by atoms with van der Waals surface area (Å²) in [4.78, 5) is 0. The van der Waals surface area contributed by atoms with Gasteiger partial charge in [-0.05, 0) is 109 Å². The second kappa shape index (κ2) is 2.96. The Morgan fingerprint density at radius 1 is 0.682 bits per heavy atom. The van der Waals surface area contributed by atoms with Gasteiger partial charge in [0.15, 0.2) is 0 Å². The van der Waals surface area contributed by atoms with Gasteiger partial charge >= 0.3 is 0 Å². The second-order valence-electron chi connectivity index (χ2n) is 10.6. The third-order valence-electron chi connectivity index (χ3n) is 11.4. The highest BCUT2D eigenvalue weighted by Gasteiger charge is 2.88. The molecule has 2 N–H and O–H groups in total. The first-order chi connectivity index (χ1) is 10.8. The Balaban J connectivity index is 1.48. The predicted octanol–water partition coefficient (Wildman–Crippen LogP) is 2.01. The minimum Gasteiger partial charge on any atom is -0.396 e. The highest BCUT2D eigenvalue weighted by molar-refractivity contribution is 5.36. The SMILES string of the molecule is OCC1[C@@H]2[C@@H]3CC[C@@H]4[C@@H]3[C@H]3C5[C@@H]6[C@@H]([C@@H]1[C@@H]1CC[C@H]([C@H]16)C54O)[C@H]23. The van der Waals surface area contributed by atoms with E-state index < -0.39 is 0 Å². The Labute approximate surface area is 131 Å². The first kappa shape index (κ1) is 11.5. The van der Waals surface area contributed by atoms with E-state index in [-0.39, 0.29) is 5.60 Å². The molecule has 8 rings (SSSR count). The van der Waals surface area contributed by atoms with E-state index in [1.54, 1.807) is 0 Å². The second-order valence-corrected chi connectivity index (χ2v) is 10.6. The van der Waals surface area contributed by atoms with E-state index in [0.717, 1.165) is 59.2 Å². The van der Waals surface area contributed by atoms with E-state index >= 15 is 0 Å². The largest absolute Gasteiger partial charge is 0.396 e. The van der Waals surface area contributed by atoms with Crippen LogP contribution in [-0.4, -0.2) is 22.4 Å². The Morgan fingerprint density at radius 3 is 1.73 bits per heavy atom. The van der Waals surface area contributed by atoms with Crippen molar-refractivity contribution in [2.75, 3.05) is 6.61 Å². The van der Waals surface area contributed by atoms with Gasteiger partial charge in [-0.25, -0.2) is 0 Å². The molecule has 0 amide bonds. The maximum absolute atomic E-state index is 12.0. The predicted molar refractivity (Wildman–Crippen MR) is 79.4 cm³/mol. The summed E-state index contributed by atoms with van der Waals surface area (Å²) in [6, 6.07) is 0. The first-order valence-electron chi connectivity index (χ1n) is 10.1. The average molecular weight is 298 g/mol. The van der Waals surface area contributed by atoms with E-state index in [0.29, 0.717) is 30.3 Å². The molecule has 0 saturated heterocycles. The van der Waals surface area contributed by atoms with Crippen molar-refractivity contribution in [1.82, 2.24) is 0 Å². The van der Waals surface area contributed by atoms with Gasteiger partial charge in [0.25, 0.3) is 0 Å². The minimum absolute atomic E-state index is 0.233. The van der Waals surface area contributed by atoms with E-state index in [1.807, 2.05) is 0 Å².